The third-order valence-electron chi connectivity index (χ3n) is 19.0. The number of benzene rings is 5. The third-order valence-corrected chi connectivity index (χ3v) is 19.0. The number of pyridine rings is 3. The Bertz CT molecular complexity index is 4840. The van der Waals surface area contributed by atoms with E-state index in [0.29, 0.717) is 75.5 Å². The molecular weight excluding hydrogens is 1390 g/mol. The number of carboxylic acid groups (broad SMARTS) is 1. The van der Waals surface area contributed by atoms with Crippen LogP contribution < -0.4 is 42.1 Å². The molecular formula is C75H71F8N9O13. The van der Waals surface area contributed by atoms with Crippen molar-refractivity contribution in [2.75, 3.05) is 39.3 Å². The number of aromatic hydroxyl groups is 1. The minimum Gasteiger partial charge on any atom is -0.503 e. The van der Waals surface area contributed by atoms with Gasteiger partial charge in [0.1, 0.15) is 76.4 Å². The highest BCUT2D eigenvalue weighted by atomic mass is 19.2. The Morgan fingerprint density at radius 1 is 0.476 bits per heavy atom. The van der Waals surface area contributed by atoms with Gasteiger partial charge in [0.05, 0.1) is 18.1 Å². The summed E-state index contributed by atoms with van der Waals surface area (Å²) in [5.74, 6) is -13.0. The van der Waals surface area contributed by atoms with Crippen LogP contribution in [0.15, 0.2) is 130 Å². The standard InChI is InChI=1S/C28H27F2N3O4.C20H18F3N3O4.C20H20N2O5.C7H6F3N/c1-17-11-19(29)12-23(30)21(17)13-31-27(35)22-15-33-20-9-5-6-10-32(14-20)28(36)24(33)26(25(22)34)37-16-18-7-3-2-4-8-18;21-10-5-14(22)12(15(23)6-10)7-24-19(29)13-9-26-11-3-1-2-4-25(8-11)20(30)16(26)18(28)17(13)27;23-17-15(20(25)26)11-22-14-8-4-5-9-21(10-14)19(24)16(22)18(17)27-12-13-6-2-1-3-7-13;8-4-1-6(9)5(3-11)7(10)2-4/h2-4,7-8,11-12,15,20H,5-6,9-10,13-14,16H2,1H3,(H,31,35);5-6,9,11,28H,1-4,7-8H2,(H,24,29);1-3,6-7,11,14H,4-5,8-10,12H2,(H,25,26);1-2H,3,11H2. The van der Waals surface area contributed by atoms with Crippen molar-refractivity contribution in [3.63, 3.8) is 0 Å². The van der Waals surface area contributed by atoms with Crippen LogP contribution in [0, 0.1) is 53.5 Å². The van der Waals surface area contributed by atoms with Gasteiger partial charge in [0, 0.05) is 125 Å². The monoisotopic (exact) mass is 1460 g/mol. The molecule has 3 atom stereocenters. The number of carbonyl (C=O) groups is 6. The van der Waals surface area contributed by atoms with Gasteiger partial charge < -0.3 is 64.5 Å². The minimum absolute atomic E-state index is 0.0435. The first-order valence-corrected chi connectivity index (χ1v) is 33.8. The second kappa shape index (κ2) is 32.5. The maximum atomic E-state index is 14.3. The van der Waals surface area contributed by atoms with Crippen LogP contribution in [0.1, 0.15) is 172 Å². The highest BCUT2D eigenvalue weighted by Crippen LogP contribution is 2.36. The van der Waals surface area contributed by atoms with Crippen LogP contribution in [0.5, 0.6) is 17.2 Å². The molecule has 6 bridgehead atoms. The van der Waals surface area contributed by atoms with Gasteiger partial charge in [0.25, 0.3) is 29.5 Å². The zero-order valence-electron chi connectivity index (χ0n) is 56.5. The van der Waals surface area contributed by atoms with E-state index < -0.39 is 110 Å². The summed E-state index contributed by atoms with van der Waals surface area (Å²) >= 11 is 0. The van der Waals surface area contributed by atoms with Gasteiger partial charge in [-0.1, -0.05) is 60.7 Å². The maximum Gasteiger partial charge on any atom is 0.341 e. The predicted molar refractivity (Wildman–Crippen MR) is 363 cm³/mol. The van der Waals surface area contributed by atoms with Crippen LogP contribution in [0.2, 0.25) is 0 Å². The van der Waals surface area contributed by atoms with Crippen molar-refractivity contribution >= 4 is 35.5 Å². The van der Waals surface area contributed by atoms with E-state index in [1.54, 1.807) is 30.8 Å². The van der Waals surface area contributed by atoms with Crippen LogP contribution in [0.25, 0.3) is 0 Å². The molecule has 5 amide bonds. The number of fused-ring (bicyclic) bond motifs is 12. The fraction of sp³-hybridized carbons (Fsp3) is 0.320. The highest BCUT2D eigenvalue weighted by molar-refractivity contribution is 6.01. The Morgan fingerprint density at radius 3 is 1.24 bits per heavy atom. The van der Waals surface area contributed by atoms with Gasteiger partial charge in [-0.15, -0.1) is 0 Å². The van der Waals surface area contributed by atoms with Crippen LogP contribution in [-0.2, 0) is 32.8 Å². The number of amides is 5. The zero-order chi connectivity index (χ0) is 75.1. The summed E-state index contributed by atoms with van der Waals surface area (Å²) in [4.78, 5) is 120. The molecule has 0 aliphatic carbocycles. The van der Waals surface area contributed by atoms with E-state index in [4.69, 9.17) is 15.2 Å². The molecule has 3 unspecified atom stereocenters. The number of hydrogen-bond donors (Lipinski definition) is 5. The largest absolute Gasteiger partial charge is 0.503 e. The highest BCUT2D eigenvalue weighted by Gasteiger charge is 2.41. The summed E-state index contributed by atoms with van der Waals surface area (Å²) in [6, 6.07) is 22.2. The molecule has 5 aromatic carbocycles. The number of aromatic carboxylic acids is 1. The Kier molecular flexibility index (Phi) is 23.1. The van der Waals surface area contributed by atoms with Gasteiger partial charge in [-0.2, -0.15) is 0 Å². The van der Waals surface area contributed by atoms with Crippen molar-refractivity contribution in [3.05, 3.63) is 260 Å². The number of nitrogens with one attached hydrogen (secondary N) is 2. The van der Waals surface area contributed by atoms with Gasteiger partial charge in [0.15, 0.2) is 34.3 Å². The number of halogens is 8. The number of nitrogens with zero attached hydrogens (tertiary/aromatic N) is 6. The van der Waals surface area contributed by atoms with E-state index in [0.717, 1.165) is 68.6 Å². The number of ether oxygens (including phenoxy) is 2. The van der Waals surface area contributed by atoms with Crippen molar-refractivity contribution in [2.45, 2.75) is 116 Å². The zero-order valence-corrected chi connectivity index (χ0v) is 56.5. The molecule has 3 fully saturated rings. The second-order valence-corrected chi connectivity index (χ2v) is 25.9. The molecule has 6 aliphatic heterocycles. The van der Waals surface area contributed by atoms with E-state index in [-0.39, 0.29) is 107 Å². The third kappa shape index (κ3) is 16.3. The van der Waals surface area contributed by atoms with Gasteiger partial charge in [-0.3, -0.25) is 38.4 Å². The Balaban J connectivity index is 0.000000148. The lowest BCUT2D eigenvalue weighted by Gasteiger charge is -2.35. The van der Waals surface area contributed by atoms with Crippen molar-refractivity contribution < 1.29 is 83.6 Å². The van der Waals surface area contributed by atoms with Crippen LogP contribution in [0.4, 0.5) is 35.1 Å². The van der Waals surface area contributed by atoms with Crippen LogP contribution in [-0.4, -0.2) is 113 Å². The number of rotatable bonds is 14. The number of carboxylic acids is 1. The Morgan fingerprint density at radius 2 is 0.829 bits per heavy atom. The first kappa shape index (κ1) is 74.7. The fourth-order valence-electron chi connectivity index (χ4n) is 13.6. The average Bonchev–Trinajstić information content (AvgIpc) is 1.67. The average molecular weight is 1460 g/mol. The number of aromatic nitrogens is 3. The van der Waals surface area contributed by atoms with E-state index in [1.807, 2.05) is 60.7 Å². The smallest absolute Gasteiger partial charge is 0.341 e. The molecule has 3 aromatic heterocycles. The topological polar surface area (TPSA) is 287 Å². The summed E-state index contributed by atoms with van der Waals surface area (Å²) in [7, 11) is 0. The van der Waals surface area contributed by atoms with E-state index in [1.165, 1.54) is 29.2 Å². The number of hydrogen-bond acceptors (Lipinski definition) is 13. The summed E-state index contributed by atoms with van der Waals surface area (Å²) in [5, 5.41) is 24.6. The molecule has 105 heavy (non-hydrogen) atoms. The molecule has 22 nitrogen and oxygen atoms in total. The van der Waals surface area contributed by atoms with E-state index >= 15 is 0 Å². The molecule has 9 heterocycles. The SMILES string of the molecule is Cc1cc(F)cc(F)c1CNC(=O)c1cn2c(c(OCc3ccccc3)c1=O)C(=O)N1CCCCC2C1.NCc1c(F)cc(F)cc1F.O=C(NCc1c(F)cc(F)cc1F)c1cn2c(c(O)c1=O)C(=O)N1CCCCC2C1.O=C(O)c1cn2c(c(OCc3ccccc3)c1=O)C(=O)N1CCCCC2C1. The van der Waals surface area contributed by atoms with E-state index in [9.17, 15) is 88.5 Å². The lowest BCUT2D eigenvalue weighted by molar-refractivity contribution is 0.0656. The van der Waals surface area contributed by atoms with Crippen molar-refractivity contribution in [3.8, 4) is 17.2 Å². The minimum atomic E-state index is -1.32. The first-order chi connectivity index (χ1) is 50.3. The number of carbonyl (C=O) groups excluding carboxylic acids is 5. The molecule has 550 valence electrons. The number of nitrogens with two attached hydrogens (primary N) is 1. The molecule has 6 aliphatic rings. The molecule has 8 aromatic rings. The Labute approximate surface area is 593 Å². The summed E-state index contributed by atoms with van der Waals surface area (Å²) in [6.45, 7) is 3.76. The first-order valence-electron chi connectivity index (χ1n) is 33.8. The van der Waals surface area contributed by atoms with Gasteiger partial charge in [0.2, 0.25) is 16.3 Å². The molecule has 0 saturated carbocycles. The molecule has 0 radical (unpaired) electrons. The predicted octanol–water partition coefficient (Wildman–Crippen LogP) is 10.1. The normalized spacial score (nSPS) is 16.9. The van der Waals surface area contributed by atoms with Gasteiger partial charge in [-0.05, 0) is 87.5 Å². The summed E-state index contributed by atoms with van der Waals surface area (Å²) < 4.78 is 122. The molecule has 0 spiro atoms. The fourth-order valence-corrected chi connectivity index (χ4v) is 13.6. The van der Waals surface area contributed by atoms with Gasteiger partial charge in [-0.25, -0.2) is 39.9 Å². The molecule has 6 N–H and O–H groups in total. The van der Waals surface area contributed by atoms with Crippen molar-refractivity contribution in [2.24, 2.45) is 5.73 Å². The molecule has 30 heteroatoms. The summed E-state index contributed by atoms with van der Waals surface area (Å²) in [5.41, 5.74) is 2.88. The number of aryl methyl sites for hydroxylation is 1. The molecule has 14 rings (SSSR count). The van der Waals surface area contributed by atoms with E-state index in [2.05, 4.69) is 10.6 Å². The Hall–Kier alpha value is -11.4. The second-order valence-electron chi connectivity index (χ2n) is 25.9. The lowest BCUT2D eigenvalue weighted by atomic mass is 10.0. The molecule has 3 saturated heterocycles. The van der Waals surface area contributed by atoms with Crippen LogP contribution >= 0.6 is 0 Å². The van der Waals surface area contributed by atoms with Crippen LogP contribution in [0.3, 0.4) is 0 Å². The van der Waals surface area contributed by atoms with Crippen molar-refractivity contribution in [1.82, 2.24) is 39.0 Å². The maximum absolute atomic E-state index is 14.3. The van der Waals surface area contributed by atoms with Gasteiger partial charge >= 0.3 is 5.97 Å². The quantitative estimate of drug-likeness (QED) is 0.0633. The lowest BCUT2D eigenvalue weighted by Crippen LogP contribution is -2.44. The van der Waals surface area contributed by atoms with Crippen molar-refractivity contribution in [1.29, 1.82) is 0 Å². The summed E-state index contributed by atoms with van der Waals surface area (Å²) in [6.07, 6.45) is 11.5.